The zero-order valence-electron chi connectivity index (χ0n) is 8.71. The Morgan fingerprint density at radius 3 is 2.56 bits per heavy atom. The first-order valence-corrected chi connectivity index (χ1v) is 9.64. The highest BCUT2D eigenvalue weighted by atomic mass is 33.1. The number of hydrazine groups is 1. The Balaban J connectivity index is 2.91. The summed E-state index contributed by atoms with van der Waals surface area (Å²) in [5.41, 5.74) is 0. The van der Waals surface area contributed by atoms with Crippen LogP contribution in [0, 0.1) is 0 Å². The molecular formula is C6H10N2O3S5. The Morgan fingerprint density at radius 1 is 1.56 bits per heavy atom. The van der Waals surface area contributed by atoms with Crippen LogP contribution in [0.3, 0.4) is 0 Å². The van der Waals surface area contributed by atoms with E-state index in [0.717, 1.165) is 11.3 Å². The fourth-order valence-electron chi connectivity index (χ4n) is 0.998. The molecule has 16 heavy (non-hydrogen) atoms. The SMILES string of the molecule is CSSC1(C)SC(=S)N(NS(C)(=O)=O)C1=O. The quantitative estimate of drug-likeness (QED) is 0.613. The highest BCUT2D eigenvalue weighted by molar-refractivity contribution is 8.79. The molecule has 1 amide bonds. The molecule has 1 heterocycles. The Kier molecular flexibility index (Phi) is 4.58. The van der Waals surface area contributed by atoms with Crippen molar-refractivity contribution in [3.8, 4) is 0 Å². The molecule has 1 fully saturated rings. The number of hydrogen-bond donors (Lipinski definition) is 1. The fourth-order valence-corrected chi connectivity index (χ4v) is 6.08. The number of rotatable bonds is 4. The molecule has 1 saturated heterocycles. The molecule has 0 radical (unpaired) electrons. The lowest BCUT2D eigenvalue weighted by molar-refractivity contribution is -0.127. The van der Waals surface area contributed by atoms with Gasteiger partial charge in [-0.3, -0.25) is 4.79 Å². The molecule has 0 saturated carbocycles. The molecule has 0 bridgehead atoms. The maximum atomic E-state index is 12.0. The van der Waals surface area contributed by atoms with Crippen LogP contribution >= 0.6 is 45.6 Å². The van der Waals surface area contributed by atoms with Crippen molar-refractivity contribution in [3.05, 3.63) is 0 Å². The number of amides is 1. The van der Waals surface area contributed by atoms with Gasteiger partial charge in [0.15, 0.2) is 8.40 Å². The van der Waals surface area contributed by atoms with Gasteiger partial charge in [0.1, 0.15) is 0 Å². The summed E-state index contributed by atoms with van der Waals surface area (Å²) < 4.78 is 21.6. The van der Waals surface area contributed by atoms with Gasteiger partial charge in [-0.05, 0) is 13.2 Å². The molecule has 1 rings (SSSR count). The molecule has 5 nitrogen and oxygen atoms in total. The lowest BCUT2D eigenvalue weighted by Gasteiger charge is -2.18. The molecule has 92 valence electrons. The van der Waals surface area contributed by atoms with Gasteiger partial charge >= 0.3 is 0 Å². The molecule has 0 aromatic heterocycles. The van der Waals surface area contributed by atoms with Gasteiger partial charge in [0.25, 0.3) is 5.91 Å². The zero-order chi connectivity index (χ0) is 12.6. The van der Waals surface area contributed by atoms with Crippen LogP contribution in [0.2, 0.25) is 0 Å². The number of sulfonamides is 1. The first-order chi connectivity index (χ1) is 7.19. The van der Waals surface area contributed by atoms with Gasteiger partial charge in [0, 0.05) is 0 Å². The van der Waals surface area contributed by atoms with Crippen LogP contribution < -0.4 is 4.83 Å². The van der Waals surface area contributed by atoms with Crippen molar-refractivity contribution in [2.45, 2.75) is 11.0 Å². The third-order valence-corrected chi connectivity index (χ3v) is 6.40. The largest absolute Gasteiger partial charge is 0.270 e. The van der Waals surface area contributed by atoms with Crippen molar-refractivity contribution in [2.24, 2.45) is 0 Å². The second-order valence-corrected chi connectivity index (χ2v) is 9.92. The lowest BCUT2D eigenvalue weighted by atomic mass is 10.4. The first kappa shape index (κ1) is 14.6. The maximum Gasteiger partial charge on any atom is 0.270 e. The van der Waals surface area contributed by atoms with Gasteiger partial charge < -0.3 is 0 Å². The average molecular weight is 318 g/mol. The van der Waals surface area contributed by atoms with Gasteiger partial charge in [0.05, 0.1) is 6.26 Å². The summed E-state index contributed by atoms with van der Waals surface area (Å²) in [5.74, 6) is -0.354. The summed E-state index contributed by atoms with van der Waals surface area (Å²) in [6.45, 7) is 1.72. The molecule has 10 heteroatoms. The van der Waals surface area contributed by atoms with E-state index in [1.54, 1.807) is 6.92 Å². The third kappa shape index (κ3) is 3.26. The van der Waals surface area contributed by atoms with E-state index >= 15 is 0 Å². The summed E-state index contributed by atoms with van der Waals surface area (Å²) in [6, 6.07) is 0. The molecular weight excluding hydrogens is 308 g/mol. The zero-order valence-corrected chi connectivity index (χ0v) is 12.8. The average Bonchev–Trinajstić information content (AvgIpc) is 2.28. The van der Waals surface area contributed by atoms with E-state index in [-0.39, 0.29) is 10.2 Å². The number of nitrogens with one attached hydrogen (secondary N) is 1. The lowest BCUT2D eigenvalue weighted by Crippen LogP contribution is -2.47. The summed E-state index contributed by atoms with van der Waals surface area (Å²) >= 11 is 6.14. The minimum atomic E-state index is -3.50. The van der Waals surface area contributed by atoms with E-state index in [9.17, 15) is 13.2 Å². The van der Waals surface area contributed by atoms with Crippen molar-refractivity contribution in [2.75, 3.05) is 12.5 Å². The number of thiocarbonyl (C=S) groups is 1. The van der Waals surface area contributed by atoms with Crippen molar-refractivity contribution in [1.82, 2.24) is 9.84 Å². The highest BCUT2D eigenvalue weighted by Crippen LogP contribution is 2.49. The minimum Gasteiger partial charge on any atom is -0.270 e. The highest BCUT2D eigenvalue weighted by Gasteiger charge is 2.49. The normalized spacial score (nSPS) is 26.6. The third-order valence-electron chi connectivity index (χ3n) is 1.56. The second-order valence-electron chi connectivity index (χ2n) is 3.07. The molecule has 0 aromatic carbocycles. The van der Waals surface area contributed by atoms with Crippen molar-refractivity contribution in [3.63, 3.8) is 0 Å². The summed E-state index contributed by atoms with van der Waals surface area (Å²) in [4.78, 5) is 14.1. The topological polar surface area (TPSA) is 66.5 Å². The van der Waals surface area contributed by atoms with E-state index in [2.05, 4.69) is 4.83 Å². The molecule has 0 aliphatic carbocycles. The van der Waals surface area contributed by atoms with Crippen LogP contribution in [0.25, 0.3) is 0 Å². The van der Waals surface area contributed by atoms with Crippen molar-refractivity contribution < 1.29 is 13.2 Å². The van der Waals surface area contributed by atoms with Crippen molar-refractivity contribution >= 4 is 65.8 Å². The van der Waals surface area contributed by atoms with E-state index < -0.39 is 14.1 Å². The van der Waals surface area contributed by atoms with E-state index in [0.29, 0.717) is 0 Å². The molecule has 0 aromatic rings. The Morgan fingerprint density at radius 2 is 2.12 bits per heavy atom. The number of nitrogens with zero attached hydrogens (tertiary/aromatic N) is 1. The van der Waals surface area contributed by atoms with Gasteiger partial charge in [0.2, 0.25) is 10.0 Å². The predicted octanol–water partition coefficient (Wildman–Crippen LogP) is 1.04. The minimum absolute atomic E-state index is 0.222. The van der Waals surface area contributed by atoms with E-state index in [4.69, 9.17) is 12.2 Å². The predicted molar refractivity (Wildman–Crippen MR) is 74.5 cm³/mol. The Labute approximate surface area is 112 Å². The van der Waals surface area contributed by atoms with Crippen LogP contribution in [0.5, 0.6) is 0 Å². The number of thioether (sulfide) groups is 1. The van der Waals surface area contributed by atoms with Gasteiger partial charge in [-0.2, -0.15) is 0 Å². The van der Waals surface area contributed by atoms with Crippen LogP contribution in [0.1, 0.15) is 6.92 Å². The summed E-state index contributed by atoms with van der Waals surface area (Å²) in [6.07, 6.45) is 2.82. The smallest absolute Gasteiger partial charge is 0.270 e. The van der Waals surface area contributed by atoms with Crippen LogP contribution in [0.4, 0.5) is 0 Å². The molecule has 1 aliphatic rings. The van der Waals surface area contributed by atoms with E-state index in [1.165, 1.54) is 33.3 Å². The van der Waals surface area contributed by atoms with E-state index in [1.807, 2.05) is 6.26 Å². The monoisotopic (exact) mass is 318 g/mol. The number of carbonyl (C=O) groups excluding carboxylic acids is 1. The van der Waals surface area contributed by atoms with Crippen LogP contribution in [0.15, 0.2) is 0 Å². The molecule has 1 atom stereocenters. The number of carbonyl (C=O) groups is 1. The maximum absolute atomic E-state index is 12.0. The molecule has 1 aliphatic heterocycles. The van der Waals surface area contributed by atoms with Crippen LogP contribution in [-0.4, -0.2) is 40.2 Å². The van der Waals surface area contributed by atoms with Crippen molar-refractivity contribution in [1.29, 1.82) is 0 Å². The molecule has 1 unspecified atom stereocenters. The van der Waals surface area contributed by atoms with Gasteiger partial charge in [-0.15, -0.1) is 4.83 Å². The van der Waals surface area contributed by atoms with Gasteiger partial charge in [-0.25, -0.2) is 13.4 Å². The fraction of sp³-hybridized carbons (Fsp3) is 0.667. The van der Waals surface area contributed by atoms with Crippen LogP contribution in [-0.2, 0) is 14.8 Å². The second kappa shape index (κ2) is 5.02. The standard InChI is InChI=1S/C6H10N2O3S5/c1-6(15-13-2)4(9)8(5(12)14-6)7-16(3,10)11/h7H,1-3H3. The summed E-state index contributed by atoms with van der Waals surface area (Å²) in [5, 5.41) is 0.915. The Bertz CT molecular complexity index is 422. The van der Waals surface area contributed by atoms with Gasteiger partial charge in [-0.1, -0.05) is 45.6 Å². The Hall–Kier alpha value is 0.520. The number of hydrogen-bond acceptors (Lipinski definition) is 7. The first-order valence-electron chi connectivity index (χ1n) is 3.96. The summed E-state index contributed by atoms with van der Waals surface area (Å²) in [7, 11) is -0.716. The molecule has 1 N–H and O–H groups in total. The molecule has 0 spiro atoms.